The highest BCUT2D eigenvalue weighted by molar-refractivity contribution is 14.1. The quantitative estimate of drug-likeness (QED) is 0.307. The van der Waals surface area contributed by atoms with Gasteiger partial charge >= 0.3 is 11.9 Å². The van der Waals surface area contributed by atoms with Crippen LogP contribution in [0.3, 0.4) is 0 Å². The van der Waals surface area contributed by atoms with Crippen LogP contribution in [-0.4, -0.2) is 28.1 Å². The van der Waals surface area contributed by atoms with E-state index < -0.39 is 17.8 Å². The van der Waals surface area contributed by atoms with Gasteiger partial charge in [-0.25, -0.2) is 9.59 Å². The number of carbonyl (C=O) groups is 3. The molecule has 0 radical (unpaired) electrons. The maximum Gasteiger partial charge on any atom is 0.338 e. The smallest absolute Gasteiger partial charge is 0.338 e. The summed E-state index contributed by atoms with van der Waals surface area (Å²) in [6.07, 6.45) is 0. The largest absolute Gasteiger partial charge is 0.478 e. The van der Waals surface area contributed by atoms with Crippen LogP contribution >= 0.6 is 90.4 Å². The van der Waals surface area contributed by atoms with Gasteiger partial charge in [-0.1, -0.05) is 0 Å². The molecular weight excluding hydrogens is 782 g/mol. The van der Waals surface area contributed by atoms with Gasteiger partial charge in [0.15, 0.2) is 0 Å². The van der Waals surface area contributed by atoms with Crippen molar-refractivity contribution in [3.8, 4) is 0 Å². The SMILES string of the molecule is O=C(Nc1c(C(=O)O)ccc(I)c1C(=O)O)c1cc(I)c(I)c(I)c1. The second kappa shape index (κ2) is 8.64. The van der Waals surface area contributed by atoms with E-state index in [0.717, 1.165) is 10.7 Å². The number of nitrogens with one attached hydrogen (secondary N) is 1. The van der Waals surface area contributed by atoms with Gasteiger partial charge in [0.1, 0.15) is 0 Å². The molecule has 25 heavy (non-hydrogen) atoms. The van der Waals surface area contributed by atoms with Gasteiger partial charge in [0.2, 0.25) is 0 Å². The molecule has 0 unspecified atom stereocenters. The van der Waals surface area contributed by atoms with Gasteiger partial charge in [-0.3, -0.25) is 4.79 Å². The molecule has 0 bridgehead atoms. The van der Waals surface area contributed by atoms with Crippen LogP contribution < -0.4 is 5.32 Å². The van der Waals surface area contributed by atoms with Crippen molar-refractivity contribution < 1.29 is 24.6 Å². The molecule has 0 aliphatic carbocycles. The zero-order valence-electron chi connectivity index (χ0n) is 11.9. The van der Waals surface area contributed by atoms with E-state index in [1.165, 1.54) is 12.1 Å². The predicted molar refractivity (Wildman–Crippen MR) is 126 cm³/mol. The molecule has 0 heterocycles. The predicted octanol–water partition coefficient (Wildman–Crippen LogP) is 4.75. The molecule has 2 aromatic carbocycles. The van der Waals surface area contributed by atoms with Gasteiger partial charge in [-0.2, -0.15) is 0 Å². The lowest BCUT2D eigenvalue weighted by Gasteiger charge is -2.14. The number of carboxylic acids is 2. The molecule has 10 heteroatoms. The Balaban J connectivity index is 2.56. The van der Waals surface area contributed by atoms with Gasteiger partial charge < -0.3 is 15.5 Å². The first-order chi connectivity index (χ1) is 11.6. The number of carbonyl (C=O) groups excluding carboxylic acids is 1. The minimum atomic E-state index is -1.32. The number of hydrogen-bond donors (Lipinski definition) is 3. The molecule has 3 N–H and O–H groups in total. The third-order valence-electron chi connectivity index (χ3n) is 3.08. The van der Waals surface area contributed by atoms with Crippen LogP contribution in [0.25, 0.3) is 0 Å². The summed E-state index contributed by atoms with van der Waals surface area (Å²) >= 11 is 8.15. The van der Waals surface area contributed by atoms with E-state index in [4.69, 9.17) is 0 Å². The topological polar surface area (TPSA) is 104 Å². The highest BCUT2D eigenvalue weighted by Gasteiger charge is 2.24. The molecule has 2 rings (SSSR count). The Hall–Kier alpha value is -0.230. The van der Waals surface area contributed by atoms with E-state index >= 15 is 0 Å². The summed E-state index contributed by atoms with van der Waals surface area (Å²) in [5.74, 6) is -3.20. The molecule has 0 spiro atoms. The molecule has 0 aliphatic heterocycles. The van der Waals surface area contributed by atoms with Crippen molar-refractivity contribution in [2.45, 2.75) is 0 Å². The zero-order valence-corrected chi connectivity index (χ0v) is 20.6. The first-order valence-electron chi connectivity index (χ1n) is 6.38. The number of carboxylic acid groups (broad SMARTS) is 2. The third-order valence-corrected chi connectivity index (χ3v) is 8.91. The molecule has 0 aliphatic rings. The van der Waals surface area contributed by atoms with Crippen LogP contribution in [0.1, 0.15) is 31.1 Å². The number of benzene rings is 2. The highest BCUT2D eigenvalue weighted by Crippen LogP contribution is 2.28. The molecule has 0 atom stereocenters. The lowest BCUT2D eigenvalue weighted by Crippen LogP contribution is -2.19. The Morgan fingerprint density at radius 3 is 1.88 bits per heavy atom. The normalized spacial score (nSPS) is 10.4. The van der Waals surface area contributed by atoms with Crippen molar-refractivity contribution in [3.05, 3.63) is 55.2 Å². The second-order valence-electron chi connectivity index (χ2n) is 4.66. The van der Waals surface area contributed by atoms with Crippen molar-refractivity contribution >= 4 is 114 Å². The summed E-state index contributed by atoms with van der Waals surface area (Å²) < 4.78 is 3.07. The Morgan fingerprint density at radius 1 is 0.840 bits per heavy atom. The molecule has 0 saturated heterocycles. The number of amides is 1. The molecular formula is C15H7I4NO5. The third kappa shape index (κ3) is 4.74. The van der Waals surface area contributed by atoms with Crippen LogP contribution in [-0.2, 0) is 0 Å². The number of halogens is 4. The molecule has 0 fully saturated rings. The molecule has 2 aromatic rings. The van der Waals surface area contributed by atoms with Crippen LogP contribution in [0.2, 0.25) is 0 Å². The lowest BCUT2D eigenvalue weighted by molar-refractivity contribution is 0.0695. The van der Waals surface area contributed by atoms with Gasteiger partial charge in [-0.05, 0) is 115 Å². The molecule has 1 amide bonds. The van der Waals surface area contributed by atoms with E-state index in [2.05, 4.69) is 73.1 Å². The van der Waals surface area contributed by atoms with Crippen molar-refractivity contribution in [3.63, 3.8) is 0 Å². The fourth-order valence-electron chi connectivity index (χ4n) is 1.97. The average molecular weight is 789 g/mol. The number of rotatable bonds is 4. The molecule has 6 nitrogen and oxygen atoms in total. The monoisotopic (exact) mass is 789 g/mol. The number of hydrogen-bond acceptors (Lipinski definition) is 3. The van der Waals surface area contributed by atoms with E-state index in [9.17, 15) is 24.6 Å². The first kappa shape index (κ1) is 21.1. The van der Waals surface area contributed by atoms with E-state index in [0.29, 0.717) is 9.13 Å². The van der Waals surface area contributed by atoms with Crippen LogP contribution in [0.5, 0.6) is 0 Å². The fraction of sp³-hybridized carbons (Fsp3) is 0. The summed E-state index contributed by atoms with van der Waals surface area (Å²) in [6, 6.07) is 5.98. The standard InChI is InChI=1S/C15H7I4NO5/c16-7-2-1-6(14(22)23)12(10(7)15(24)25)20-13(21)5-3-8(17)11(19)9(18)4-5/h1-4H,(H,20,21)(H,22,23)(H,24,25). The van der Waals surface area contributed by atoms with Crippen molar-refractivity contribution in [2.24, 2.45) is 0 Å². The van der Waals surface area contributed by atoms with E-state index in [1.54, 1.807) is 34.7 Å². The van der Waals surface area contributed by atoms with Crippen molar-refractivity contribution in [2.75, 3.05) is 5.32 Å². The second-order valence-corrected chi connectivity index (χ2v) is 9.23. The van der Waals surface area contributed by atoms with Gasteiger partial charge in [0, 0.05) is 19.8 Å². The summed E-state index contributed by atoms with van der Waals surface area (Å²) in [5.41, 5.74) is -0.425. The molecule has 0 aromatic heterocycles. The molecule has 130 valence electrons. The lowest BCUT2D eigenvalue weighted by atomic mass is 10.1. The van der Waals surface area contributed by atoms with E-state index in [-0.39, 0.29) is 16.8 Å². The summed E-state index contributed by atoms with van der Waals surface area (Å²) in [5, 5.41) is 21.2. The Labute approximate surface area is 196 Å². The van der Waals surface area contributed by atoms with E-state index in [1.807, 2.05) is 0 Å². The maximum atomic E-state index is 12.6. The van der Waals surface area contributed by atoms with Gasteiger partial charge in [0.25, 0.3) is 5.91 Å². The maximum absolute atomic E-state index is 12.6. The summed E-state index contributed by atoms with van der Waals surface area (Å²) in [6.45, 7) is 0. The van der Waals surface area contributed by atoms with Crippen molar-refractivity contribution in [1.82, 2.24) is 0 Å². The summed E-state index contributed by atoms with van der Waals surface area (Å²) in [7, 11) is 0. The minimum absolute atomic E-state index is 0.222. The first-order valence-corrected chi connectivity index (χ1v) is 10.7. The van der Waals surface area contributed by atoms with Crippen molar-refractivity contribution in [1.29, 1.82) is 0 Å². The van der Waals surface area contributed by atoms with Crippen LogP contribution in [0, 0.1) is 14.3 Å². The fourth-order valence-corrected chi connectivity index (χ4v) is 4.73. The van der Waals surface area contributed by atoms with Crippen LogP contribution in [0.4, 0.5) is 5.69 Å². The zero-order chi connectivity index (χ0) is 18.9. The average Bonchev–Trinajstić information content (AvgIpc) is 2.51. The van der Waals surface area contributed by atoms with Crippen LogP contribution in [0.15, 0.2) is 24.3 Å². The molecule has 0 saturated carbocycles. The Bertz CT molecular complexity index is 890. The number of aromatic carboxylic acids is 2. The highest BCUT2D eigenvalue weighted by atomic mass is 127. The Morgan fingerprint density at radius 2 is 1.40 bits per heavy atom. The van der Waals surface area contributed by atoms with Gasteiger partial charge in [0.05, 0.1) is 16.8 Å². The van der Waals surface area contributed by atoms with Gasteiger partial charge in [-0.15, -0.1) is 0 Å². The number of anilines is 1. The minimum Gasteiger partial charge on any atom is -0.478 e. The summed E-state index contributed by atoms with van der Waals surface area (Å²) in [4.78, 5) is 35.5. The Kier molecular flexibility index (Phi) is 7.28.